The number of benzene rings is 1. The fraction of sp³-hybridized carbons (Fsp3) is 0.500. The Labute approximate surface area is 129 Å². The van der Waals surface area contributed by atoms with E-state index < -0.39 is 0 Å². The summed E-state index contributed by atoms with van der Waals surface area (Å²) in [4.78, 5) is 16.4. The average Bonchev–Trinajstić information content (AvgIpc) is 2.86. The molecule has 0 saturated carbocycles. The molecule has 2 rings (SSSR count). The molecule has 1 aromatic heterocycles. The topological polar surface area (TPSA) is 68.0 Å². The van der Waals surface area contributed by atoms with Gasteiger partial charge in [0.1, 0.15) is 0 Å². The number of hydrogen-bond acceptors (Lipinski definition) is 4. The summed E-state index contributed by atoms with van der Waals surface area (Å²) >= 11 is 1.41. The van der Waals surface area contributed by atoms with Gasteiger partial charge < -0.3 is 11.1 Å². The summed E-state index contributed by atoms with van der Waals surface area (Å²) < 4.78 is 0.957. The average molecular weight is 305 g/mol. The first-order valence-electron chi connectivity index (χ1n) is 7.58. The summed E-state index contributed by atoms with van der Waals surface area (Å²) in [6.07, 6.45) is 4.71. The first-order chi connectivity index (χ1) is 10.1. The maximum Gasteiger partial charge on any atom is 0.251 e. The predicted molar refractivity (Wildman–Crippen MR) is 89.7 cm³/mol. The number of aromatic nitrogens is 1. The Hall–Kier alpha value is -1.62. The molecule has 1 amide bonds. The van der Waals surface area contributed by atoms with E-state index >= 15 is 0 Å². The molecule has 2 aromatic rings. The van der Waals surface area contributed by atoms with Crippen LogP contribution in [0.2, 0.25) is 0 Å². The monoisotopic (exact) mass is 305 g/mol. The number of carbonyl (C=O) groups excluding carboxylic acids is 1. The zero-order valence-electron chi connectivity index (χ0n) is 12.7. The Bertz CT molecular complexity index is 609. The third-order valence-corrected chi connectivity index (χ3v) is 4.61. The number of nitrogens with two attached hydrogens (primary N) is 1. The molecule has 5 heteroatoms. The van der Waals surface area contributed by atoms with Crippen molar-refractivity contribution in [1.29, 1.82) is 0 Å². The van der Waals surface area contributed by atoms with Crippen molar-refractivity contribution in [2.24, 2.45) is 5.92 Å². The first kappa shape index (κ1) is 15.8. The second-order valence-electron chi connectivity index (χ2n) is 5.36. The molecule has 0 aliphatic heterocycles. The minimum Gasteiger partial charge on any atom is -0.375 e. The molecule has 4 nitrogen and oxygen atoms in total. The first-order valence-corrected chi connectivity index (χ1v) is 8.40. The molecule has 1 unspecified atom stereocenters. The number of thiazole rings is 1. The zero-order chi connectivity index (χ0) is 15.2. The maximum atomic E-state index is 12.2. The number of nitrogens with zero attached hydrogens (tertiary/aromatic N) is 1. The van der Waals surface area contributed by atoms with Gasteiger partial charge in [0, 0.05) is 12.1 Å². The summed E-state index contributed by atoms with van der Waals surface area (Å²) in [5.74, 6) is 0.551. The lowest BCUT2D eigenvalue weighted by atomic mass is 9.99. The Kier molecular flexibility index (Phi) is 5.56. The number of rotatable bonds is 7. The van der Waals surface area contributed by atoms with Gasteiger partial charge in [-0.3, -0.25) is 4.79 Å². The molecular formula is C16H23N3OS. The van der Waals surface area contributed by atoms with Gasteiger partial charge in [-0.1, -0.05) is 44.4 Å². The smallest absolute Gasteiger partial charge is 0.251 e. The molecule has 114 valence electrons. The number of anilines is 1. The number of carbonyl (C=O) groups is 1. The van der Waals surface area contributed by atoms with Gasteiger partial charge in [-0.2, -0.15) is 0 Å². The van der Waals surface area contributed by atoms with Crippen LogP contribution in [0.1, 0.15) is 49.9 Å². The molecule has 0 aliphatic carbocycles. The molecule has 0 spiro atoms. The van der Waals surface area contributed by atoms with Gasteiger partial charge in [0.05, 0.1) is 10.2 Å². The van der Waals surface area contributed by atoms with Gasteiger partial charge >= 0.3 is 0 Å². The van der Waals surface area contributed by atoms with Crippen molar-refractivity contribution in [3.8, 4) is 0 Å². The van der Waals surface area contributed by atoms with Crippen LogP contribution in [0.4, 0.5) is 5.13 Å². The van der Waals surface area contributed by atoms with Crippen LogP contribution in [0.25, 0.3) is 10.2 Å². The van der Waals surface area contributed by atoms with Crippen LogP contribution in [0, 0.1) is 5.92 Å². The van der Waals surface area contributed by atoms with Crippen LogP contribution in [-0.4, -0.2) is 17.4 Å². The molecule has 3 N–H and O–H groups in total. The third kappa shape index (κ3) is 4.17. The van der Waals surface area contributed by atoms with Crippen molar-refractivity contribution in [2.45, 2.75) is 39.5 Å². The van der Waals surface area contributed by atoms with Crippen LogP contribution in [0.15, 0.2) is 18.2 Å². The van der Waals surface area contributed by atoms with Gasteiger partial charge in [-0.05, 0) is 30.5 Å². The van der Waals surface area contributed by atoms with Crippen LogP contribution >= 0.6 is 11.3 Å². The highest BCUT2D eigenvalue weighted by molar-refractivity contribution is 7.22. The predicted octanol–water partition coefficient (Wildman–Crippen LogP) is 3.82. The molecule has 0 bridgehead atoms. The standard InChI is InChI=1S/C16H23N3OS/c1-3-5-6-11(4-2)10-18-15(20)12-7-8-13-14(9-12)21-16(17)19-13/h7-9,11H,3-6,10H2,1-2H3,(H2,17,19)(H,18,20). The van der Waals surface area contributed by atoms with Gasteiger partial charge in [0.25, 0.3) is 5.91 Å². The van der Waals surface area contributed by atoms with E-state index in [0.717, 1.165) is 23.2 Å². The van der Waals surface area contributed by atoms with Crippen LogP contribution in [0.5, 0.6) is 0 Å². The lowest BCUT2D eigenvalue weighted by Gasteiger charge is -2.15. The maximum absolute atomic E-state index is 12.2. The highest BCUT2D eigenvalue weighted by atomic mass is 32.1. The highest BCUT2D eigenvalue weighted by Gasteiger charge is 2.11. The van der Waals surface area contributed by atoms with E-state index in [4.69, 9.17) is 5.73 Å². The van der Waals surface area contributed by atoms with Crippen molar-refractivity contribution >= 4 is 32.6 Å². The van der Waals surface area contributed by atoms with Crippen molar-refractivity contribution in [3.63, 3.8) is 0 Å². The largest absolute Gasteiger partial charge is 0.375 e. The number of fused-ring (bicyclic) bond motifs is 1. The van der Waals surface area contributed by atoms with E-state index in [9.17, 15) is 4.79 Å². The summed E-state index contributed by atoms with van der Waals surface area (Å²) in [6.45, 7) is 5.12. The Balaban J connectivity index is 1.97. The van der Waals surface area contributed by atoms with Gasteiger partial charge in [0.2, 0.25) is 0 Å². The van der Waals surface area contributed by atoms with E-state index in [-0.39, 0.29) is 5.91 Å². The number of nitrogens with one attached hydrogen (secondary N) is 1. The number of nitrogen functional groups attached to an aromatic ring is 1. The van der Waals surface area contributed by atoms with Crippen molar-refractivity contribution in [3.05, 3.63) is 23.8 Å². The van der Waals surface area contributed by atoms with E-state index in [1.165, 1.54) is 30.6 Å². The van der Waals surface area contributed by atoms with E-state index in [2.05, 4.69) is 24.1 Å². The summed E-state index contributed by atoms with van der Waals surface area (Å²) in [7, 11) is 0. The van der Waals surface area contributed by atoms with E-state index in [1.807, 2.05) is 18.2 Å². The Morgan fingerprint density at radius 1 is 1.43 bits per heavy atom. The third-order valence-electron chi connectivity index (χ3n) is 3.76. The van der Waals surface area contributed by atoms with E-state index in [1.54, 1.807) is 0 Å². The highest BCUT2D eigenvalue weighted by Crippen LogP contribution is 2.24. The second kappa shape index (κ2) is 7.41. The van der Waals surface area contributed by atoms with Gasteiger partial charge in [-0.15, -0.1) is 0 Å². The zero-order valence-corrected chi connectivity index (χ0v) is 13.5. The van der Waals surface area contributed by atoms with E-state index in [0.29, 0.717) is 16.6 Å². The second-order valence-corrected chi connectivity index (χ2v) is 6.42. The fourth-order valence-electron chi connectivity index (χ4n) is 2.37. The van der Waals surface area contributed by atoms with Gasteiger partial charge in [-0.25, -0.2) is 4.98 Å². The summed E-state index contributed by atoms with van der Waals surface area (Å²) in [6, 6.07) is 5.53. The molecule has 0 aliphatic rings. The molecule has 0 saturated heterocycles. The molecule has 1 atom stereocenters. The molecule has 21 heavy (non-hydrogen) atoms. The number of hydrogen-bond donors (Lipinski definition) is 2. The summed E-state index contributed by atoms with van der Waals surface area (Å²) in [5.41, 5.74) is 7.21. The Morgan fingerprint density at radius 2 is 2.24 bits per heavy atom. The van der Waals surface area contributed by atoms with Crippen molar-refractivity contribution in [1.82, 2.24) is 10.3 Å². The molecule has 1 aromatic carbocycles. The number of unbranched alkanes of at least 4 members (excludes halogenated alkanes) is 1. The molecule has 0 fully saturated rings. The van der Waals surface area contributed by atoms with Gasteiger partial charge in [0.15, 0.2) is 5.13 Å². The molecule has 1 heterocycles. The minimum atomic E-state index is -0.0150. The van der Waals surface area contributed by atoms with Crippen LogP contribution in [0.3, 0.4) is 0 Å². The van der Waals surface area contributed by atoms with Crippen LogP contribution < -0.4 is 11.1 Å². The quantitative estimate of drug-likeness (QED) is 0.817. The fourth-order valence-corrected chi connectivity index (χ4v) is 3.14. The molecular weight excluding hydrogens is 282 g/mol. The Morgan fingerprint density at radius 3 is 2.95 bits per heavy atom. The normalized spacial score (nSPS) is 12.5. The SMILES string of the molecule is CCCCC(CC)CNC(=O)c1ccc2nc(N)sc2c1. The lowest BCUT2D eigenvalue weighted by molar-refractivity contribution is 0.0946. The molecule has 0 radical (unpaired) electrons. The van der Waals surface area contributed by atoms with Crippen molar-refractivity contribution < 1.29 is 4.79 Å². The summed E-state index contributed by atoms with van der Waals surface area (Å²) in [5, 5.41) is 3.58. The van der Waals surface area contributed by atoms with Crippen LogP contribution in [-0.2, 0) is 0 Å². The minimum absolute atomic E-state index is 0.0150. The lowest BCUT2D eigenvalue weighted by Crippen LogP contribution is -2.29. The number of amides is 1. The van der Waals surface area contributed by atoms with Crippen molar-refractivity contribution in [2.75, 3.05) is 12.3 Å².